The Morgan fingerprint density at radius 2 is 1.59 bits per heavy atom. The van der Waals surface area contributed by atoms with E-state index in [1.54, 1.807) is 18.3 Å². The van der Waals surface area contributed by atoms with E-state index in [4.69, 9.17) is 0 Å². The minimum atomic E-state index is -0.390. The molecule has 0 unspecified atom stereocenters. The Labute approximate surface area is 128 Å². The summed E-state index contributed by atoms with van der Waals surface area (Å²) < 4.78 is 0. The van der Waals surface area contributed by atoms with E-state index in [1.807, 2.05) is 43.3 Å². The average Bonchev–Trinajstić information content (AvgIpc) is 2.55. The molecule has 3 aromatic rings. The lowest BCUT2D eigenvalue weighted by Gasteiger charge is -2.11. The highest BCUT2D eigenvalue weighted by molar-refractivity contribution is 5.83. The van der Waals surface area contributed by atoms with Crippen LogP contribution in [0.3, 0.4) is 0 Å². The molecule has 0 bridgehead atoms. The maximum atomic E-state index is 10.8. The first-order valence-corrected chi connectivity index (χ1v) is 6.92. The van der Waals surface area contributed by atoms with Crippen LogP contribution in [0.2, 0.25) is 0 Å². The van der Waals surface area contributed by atoms with Gasteiger partial charge in [0.2, 0.25) is 0 Å². The highest BCUT2D eigenvalue weighted by Gasteiger charge is 2.11. The van der Waals surface area contributed by atoms with Crippen LogP contribution in [0.4, 0.5) is 5.69 Å². The molecule has 0 amide bonds. The third kappa shape index (κ3) is 2.59. The summed E-state index contributed by atoms with van der Waals surface area (Å²) in [4.78, 5) is 14.9. The summed E-state index contributed by atoms with van der Waals surface area (Å²) in [5, 5.41) is 10.8. The van der Waals surface area contributed by atoms with Crippen molar-refractivity contribution >= 4 is 5.69 Å². The first-order valence-electron chi connectivity index (χ1n) is 6.92. The van der Waals surface area contributed by atoms with Crippen molar-refractivity contribution in [3.63, 3.8) is 0 Å². The second-order valence-electron chi connectivity index (χ2n) is 5.02. The summed E-state index contributed by atoms with van der Waals surface area (Å²) in [6.07, 6.45) is 1.77. The maximum Gasteiger partial charge on any atom is 0.269 e. The highest BCUT2D eigenvalue weighted by atomic mass is 16.6. The van der Waals surface area contributed by atoms with Crippen LogP contribution in [0.25, 0.3) is 22.4 Å². The molecule has 3 rings (SSSR count). The standard InChI is InChI=1S/C18H14N2O2/c1-13-5-4-12-19-18(13)17-7-3-2-6-16(17)14-8-10-15(11-9-14)20(21)22/h2-12H,1H3. The molecule has 2 aromatic carbocycles. The van der Waals surface area contributed by atoms with Crippen LogP contribution < -0.4 is 0 Å². The smallest absolute Gasteiger partial charge is 0.258 e. The van der Waals surface area contributed by atoms with Crippen molar-refractivity contribution in [2.24, 2.45) is 0 Å². The van der Waals surface area contributed by atoms with Crippen molar-refractivity contribution in [3.05, 3.63) is 82.5 Å². The predicted molar refractivity (Wildman–Crippen MR) is 86.5 cm³/mol. The lowest BCUT2D eigenvalue weighted by molar-refractivity contribution is -0.384. The average molecular weight is 290 g/mol. The van der Waals surface area contributed by atoms with Gasteiger partial charge in [-0.2, -0.15) is 0 Å². The number of pyridine rings is 1. The van der Waals surface area contributed by atoms with Crippen molar-refractivity contribution in [2.45, 2.75) is 6.92 Å². The first kappa shape index (κ1) is 13.9. The maximum absolute atomic E-state index is 10.8. The van der Waals surface area contributed by atoms with Crippen LogP contribution in [0, 0.1) is 17.0 Å². The summed E-state index contributed by atoms with van der Waals surface area (Å²) >= 11 is 0. The Morgan fingerprint density at radius 1 is 0.909 bits per heavy atom. The second-order valence-corrected chi connectivity index (χ2v) is 5.02. The summed E-state index contributed by atoms with van der Waals surface area (Å²) in [6, 6.07) is 18.5. The predicted octanol–water partition coefficient (Wildman–Crippen LogP) is 4.63. The molecule has 0 saturated heterocycles. The second kappa shape index (κ2) is 5.77. The van der Waals surface area contributed by atoms with Crippen molar-refractivity contribution < 1.29 is 4.92 Å². The number of nitro groups is 1. The zero-order valence-corrected chi connectivity index (χ0v) is 12.1. The number of nitrogens with zero attached hydrogens (tertiary/aromatic N) is 2. The van der Waals surface area contributed by atoms with Crippen LogP contribution in [0.1, 0.15) is 5.56 Å². The molecule has 1 heterocycles. The van der Waals surface area contributed by atoms with Gasteiger partial charge in [-0.1, -0.05) is 30.3 Å². The Morgan fingerprint density at radius 3 is 2.23 bits per heavy atom. The van der Waals surface area contributed by atoms with Gasteiger partial charge >= 0.3 is 0 Å². The van der Waals surface area contributed by atoms with E-state index < -0.39 is 4.92 Å². The SMILES string of the molecule is Cc1cccnc1-c1ccccc1-c1ccc([N+](=O)[O-])cc1. The lowest BCUT2D eigenvalue weighted by Crippen LogP contribution is -1.91. The number of aromatic nitrogens is 1. The van der Waals surface area contributed by atoms with Gasteiger partial charge in [-0.15, -0.1) is 0 Å². The van der Waals surface area contributed by atoms with E-state index in [-0.39, 0.29) is 5.69 Å². The van der Waals surface area contributed by atoms with E-state index in [1.165, 1.54) is 12.1 Å². The molecule has 0 radical (unpaired) electrons. The molecule has 0 spiro atoms. The molecule has 0 atom stereocenters. The molecule has 108 valence electrons. The Kier molecular flexibility index (Phi) is 3.66. The fourth-order valence-electron chi connectivity index (χ4n) is 2.47. The first-order chi connectivity index (χ1) is 10.7. The molecule has 0 aliphatic rings. The highest BCUT2D eigenvalue weighted by Crippen LogP contribution is 2.33. The number of benzene rings is 2. The number of hydrogen-bond donors (Lipinski definition) is 0. The molecular weight excluding hydrogens is 276 g/mol. The summed E-state index contributed by atoms with van der Waals surface area (Å²) in [5.41, 5.74) is 5.09. The zero-order valence-electron chi connectivity index (χ0n) is 12.1. The summed E-state index contributed by atoms with van der Waals surface area (Å²) in [5.74, 6) is 0. The van der Waals surface area contributed by atoms with Crippen LogP contribution in [-0.4, -0.2) is 9.91 Å². The largest absolute Gasteiger partial charge is 0.269 e. The number of non-ortho nitro benzene ring substituents is 1. The fourth-order valence-corrected chi connectivity index (χ4v) is 2.47. The quantitative estimate of drug-likeness (QED) is 0.522. The van der Waals surface area contributed by atoms with Gasteiger partial charge in [-0.25, -0.2) is 0 Å². The van der Waals surface area contributed by atoms with E-state index in [0.717, 1.165) is 27.9 Å². The van der Waals surface area contributed by atoms with Crippen LogP contribution in [-0.2, 0) is 0 Å². The van der Waals surface area contributed by atoms with Gasteiger partial charge in [0.05, 0.1) is 10.6 Å². The topological polar surface area (TPSA) is 56.0 Å². The minimum Gasteiger partial charge on any atom is -0.258 e. The molecule has 0 N–H and O–H groups in total. The number of hydrogen-bond acceptors (Lipinski definition) is 3. The van der Waals surface area contributed by atoms with Gasteiger partial charge in [0, 0.05) is 23.9 Å². The minimum absolute atomic E-state index is 0.0928. The van der Waals surface area contributed by atoms with Gasteiger partial charge in [-0.3, -0.25) is 15.1 Å². The molecule has 0 saturated carbocycles. The van der Waals surface area contributed by atoms with E-state index >= 15 is 0 Å². The van der Waals surface area contributed by atoms with Crippen LogP contribution in [0.15, 0.2) is 66.9 Å². The van der Waals surface area contributed by atoms with Gasteiger partial charge in [0.25, 0.3) is 5.69 Å². The third-order valence-corrected chi connectivity index (χ3v) is 3.58. The molecule has 0 aliphatic heterocycles. The summed E-state index contributed by atoms with van der Waals surface area (Å²) in [7, 11) is 0. The van der Waals surface area contributed by atoms with Crippen LogP contribution in [0.5, 0.6) is 0 Å². The Balaban J connectivity index is 2.13. The molecule has 4 nitrogen and oxygen atoms in total. The van der Waals surface area contributed by atoms with Gasteiger partial charge in [0.1, 0.15) is 0 Å². The van der Waals surface area contributed by atoms with Crippen molar-refractivity contribution in [1.82, 2.24) is 4.98 Å². The lowest BCUT2D eigenvalue weighted by atomic mass is 9.95. The van der Waals surface area contributed by atoms with Crippen molar-refractivity contribution in [3.8, 4) is 22.4 Å². The van der Waals surface area contributed by atoms with E-state index in [9.17, 15) is 10.1 Å². The fraction of sp³-hybridized carbons (Fsp3) is 0.0556. The zero-order chi connectivity index (χ0) is 15.5. The monoisotopic (exact) mass is 290 g/mol. The van der Waals surface area contributed by atoms with E-state index in [0.29, 0.717) is 0 Å². The summed E-state index contributed by atoms with van der Waals surface area (Å²) in [6.45, 7) is 2.02. The van der Waals surface area contributed by atoms with Gasteiger partial charge in [-0.05, 0) is 41.8 Å². The molecule has 22 heavy (non-hydrogen) atoms. The van der Waals surface area contributed by atoms with Gasteiger partial charge in [0.15, 0.2) is 0 Å². The van der Waals surface area contributed by atoms with Gasteiger partial charge < -0.3 is 0 Å². The van der Waals surface area contributed by atoms with E-state index in [2.05, 4.69) is 4.98 Å². The number of nitro benzene ring substituents is 1. The number of rotatable bonds is 3. The third-order valence-electron chi connectivity index (χ3n) is 3.58. The molecular formula is C18H14N2O2. The number of aryl methyl sites for hydroxylation is 1. The molecule has 1 aromatic heterocycles. The Hall–Kier alpha value is -3.01. The Bertz CT molecular complexity index is 827. The van der Waals surface area contributed by atoms with Crippen molar-refractivity contribution in [2.75, 3.05) is 0 Å². The van der Waals surface area contributed by atoms with Crippen molar-refractivity contribution in [1.29, 1.82) is 0 Å². The molecule has 0 aliphatic carbocycles. The molecule has 0 fully saturated rings. The van der Waals surface area contributed by atoms with Crippen LogP contribution >= 0.6 is 0 Å². The molecule has 4 heteroatoms. The normalized spacial score (nSPS) is 10.4.